The van der Waals surface area contributed by atoms with E-state index in [1.54, 1.807) is 18.0 Å². The fourth-order valence-corrected chi connectivity index (χ4v) is 3.83. The Balaban J connectivity index is 2.99. The average molecular weight is 371 g/mol. The SMILES string of the molecule is CN(C(=O)c1cc(Br)sc1Br)C(C)(C)CO. The molecule has 1 amide bonds. The molecule has 0 saturated heterocycles. The average Bonchev–Trinajstić information content (AvgIpc) is 2.55. The number of thiophene rings is 1. The zero-order chi connectivity index (χ0) is 12.5. The highest BCUT2D eigenvalue weighted by Crippen LogP contribution is 2.33. The van der Waals surface area contributed by atoms with Gasteiger partial charge in [-0.05, 0) is 51.8 Å². The largest absolute Gasteiger partial charge is 0.394 e. The molecule has 0 aromatic carbocycles. The zero-order valence-corrected chi connectivity index (χ0v) is 13.2. The van der Waals surface area contributed by atoms with E-state index in [2.05, 4.69) is 31.9 Å². The molecule has 0 fully saturated rings. The van der Waals surface area contributed by atoms with Crippen molar-refractivity contribution in [2.45, 2.75) is 19.4 Å². The van der Waals surface area contributed by atoms with Crippen molar-refractivity contribution in [3.8, 4) is 0 Å². The maximum Gasteiger partial charge on any atom is 0.256 e. The smallest absolute Gasteiger partial charge is 0.256 e. The van der Waals surface area contributed by atoms with Crippen LogP contribution in [0.1, 0.15) is 24.2 Å². The van der Waals surface area contributed by atoms with Gasteiger partial charge in [-0.15, -0.1) is 11.3 Å². The number of likely N-dealkylation sites (N-methyl/N-ethyl adjacent to an activating group) is 1. The van der Waals surface area contributed by atoms with E-state index in [1.807, 2.05) is 13.8 Å². The monoisotopic (exact) mass is 369 g/mol. The lowest BCUT2D eigenvalue weighted by Crippen LogP contribution is -2.47. The summed E-state index contributed by atoms with van der Waals surface area (Å²) in [6.45, 7) is 3.57. The van der Waals surface area contributed by atoms with E-state index in [4.69, 9.17) is 0 Å². The fraction of sp³-hybridized carbons (Fsp3) is 0.500. The van der Waals surface area contributed by atoms with Crippen LogP contribution in [0, 0.1) is 0 Å². The second kappa shape index (κ2) is 5.16. The predicted molar refractivity (Wildman–Crippen MR) is 73.0 cm³/mol. The maximum atomic E-state index is 12.2. The van der Waals surface area contributed by atoms with E-state index in [-0.39, 0.29) is 12.5 Å². The van der Waals surface area contributed by atoms with Crippen LogP contribution < -0.4 is 0 Å². The lowest BCUT2D eigenvalue weighted by atomic mass is 10.0. The van der Waals surface area contributed by atoms with Crippen LogP contribution >= 0.6 is 43.2 Å². The third-order valence-corrected chi connectivity index (χ3v) is 4.83. The molecule has 1 rings (SSSR count). The summed E-state index contributed by atoms with van der Waals surface area (Å²) in [5, 5.41) is 9.22. The van der Waals surface area contributed by atoms with Crippen LogP contribution in [0.3, 0.4) is 0 Å². The molecule has 1 aromatic heterocycles. The van der Waals surface area contributed by atoms with Crippen LogP contribution in [0.5, 0.6) is 0 Å². The van der Waals surface area contributed by atoms with E-state index in [9.17, 15) is 9.90 Å². The third kappa shape index (κ3) is 2.85. The Labute approximate surface area is 116 Å². The number of hydrogen-bond acceptors (Lipinski definition) is 3. The topological polar surface area (TPSA) is 40.5 Å². The number of rotatable bonds is 3. The normalized spacial score (nSPS) is 11.6. The van der Waals surface area contributed by atoms with Gasteiger partial charge in [0.1, 0.15) is 0 Å². The van der Waals surface area contributed by atoms with Gasteiger partial charge in [-0.1, -0.05) is 0 Å². The summed E-state index contributed by atoms with van der Waals surface area (Å²) < 4.78 is 1.70. The summed E-state index contributed by atoms with van der Waals surface area (Å²) in [4.78, 5) is 13.7. The number of aliphatic hydroxyl groups excluding tert-OH is 1. The molecule has 0 aliphatic heterocycles. The fourth-order valence-electron chi connectivity index (χ4n) is 1.05. The molecule has 0 saturated carbocycles. The van der Waals surface area contributed by atoms with Crippen molar-refractivity contribution in [2.75, 3.05) is 13.7 Å². The molecule has 1 aromatic rings. The van der Waals surface area contributed by atoms with Crippen molar-refractivity contribution in [2.24, 2.45) is 0 Å². The van der Waals surface area contributed by atoms with Crippen LogP contribution in [0.4, 0.5) is 0 Å². The van der Waals surface area contributed by atoms with Crippen LogP contribution in [-0.4, -0.2) is 35.1 Å². The molecular weight excluding hydrogens is 358 g/mol. The number of amides is 1. The van der Waals surface area contributed by atoms with E-state index < -0.39 is 5.54 Å². The van der Waals surface area contributed by atoms with Gasteiger partial charge in [0.25, 0.3) is 5.91 Å². The molecule has 3 nitrogen and oxygen atoms in total. The van der Waals surface area contributed by atoms with Crippen LogP contribution in [0.15, 0.2) is 13.6 Å². The lowest BCUT2D eigenvalue weighted by Gasteiger charge is -2.33. The summed E-state index contributed by atoms with van der Waals surface area (Å²) >= 11 is 8.15. The maximum absolute atomic E-state index is 12.2. The molecule has 6 heteroatoms. The molecule has 0 aliphatic rings. The number of carbonyl (C=O) groups excluding carboxylic acids is 1. The Morgan fingerprint density at radius 2 is 2.12 bits per heavy atom. The first-order chi connectivity index (χ1) is 7.29. The first-order valence-corrected chi connectivity index (χ1v) is 7.03. The van der Waals surface area contributed by atoms with Crippen molar-refractivity contribution in [1.82, 2.24) is 4.90 Å². The predicted octanol–water partition coefficient (Wildman–Crippen LogP) is 3.12. The number of halogens is 2. The number of nitrogens with zero attached hydrogens (tertiary/aromatic N) is 1. The van der Waals surface area contributed by atoms with Gasteiger partial charge in [0.2, 0.25) is 0 Å². The third-order valence-electron chi connectivity index (χ3n) is 2.49. The number of carbonyl (C=O) groups is 1. The summed E-state index contributed by atoms with van der Waals surface area (Å²) in [6.07, 6.45) is 0. The van der Waals surface area contributed by atoms with Gasteiger partial charge in [0.05, 0.1) is 25.3 Å². The first kappa shape index (κ1) is 14.2. The molecule has 0 unspecified atom stereocenters. The van der Waals surface area contributed by atoms with Crippen molar-refractivity contribution in [1.29, 1.82) is 0 Å². The van der Waals surface area contributed by atoms with E-state index in [0.717, 1.165) is 7.57 Å². The summed E-state index contributed by atoms with van der Waals surface area (Å²) in [5.74, 6) is -0.104. The highest BCUT2D eigenvalue weighted by molar-refractivity contribution is 9.12. The van der Waals surface area contributed by atoms with Gasteiger partial charge in [0, 0.05) is 7.05 Å². The Bertz CT molecular complexity index is 404. The number of aliphatic hydroxyl groups is 1. The van der Waals surface area contributed by atoms with Crippen LogP contribution in [0.2, 0.25) is 0 Å². The molecule has 0 spiro atoms. The second-order valence-electron chi connectivity index (χ2n) is 4.07. The zero-order valence-electron chi connectivity index (χ0n) is 9.25. The minimum absolute atomic E-state index is 0.0713. The minimum atomic E-state index is -0.565. The molecule has 16 heavy (non-hydrogen) atoms. The van der Waals surface area contributed by atoms with Crippen LogP contribution in [0.25, 0.3) is 0 Å². The first-order valence-electron chi connectivity index (χ1n) is 4.63. The molecule has 0 radical (unpaired) electrons. The molecule has 90 valence electrons. The Morgan fingerprint density at radius 3 is 2.50 bits per heavy atom. The Kier molecular flexibility index (Phi) is 4.57. The van der Waals surface area contributed by atoms with Crippen molar-refractivity contribution in [3.05, 3.63) is 19.2 Å². The van der Waals surface area contributed by atoms with Crippen molar-refractivity contribution in [3.63, 3.8) is 0 Å². The standard InChI is InChI=1S/C10H13Br2NO2S/c1-10(2,5-14)13(3)9(15)6-4-7(11)16-8(6)12/h4,14H,5H2,1-3H3. The Hall–Kier alpha value is 0.0900. The summed E-state index contributed by atoms with van der Waals surface area (Å²) in [5.41, 5.74) is 0.0474. The molecule has 1 heterocycles. The number of hydrogen-bond donors (Lipinski definition) is 1. The highest BCUT2D eigenvalue weighted by Gasteiger charge is 2.29. The molecule has 0 aliphatic carbocycles. The van der Waals surface area contributed by atoms with Gasteiger partial charge in [0.15, 0.2) is 0 Å². The highest BCUT2D eigenvalue weighted by atomic mass is 79.9. The van der Waals surface area contributed by atoms with Gasteiger partial charge in [-0.3, -0.25) is 4.79 Å². The second-order valence-corrected chi connectivity index (χ2v) is 7.82. The molecule has 0 atom stereocenters. The Morgan fingerprint density at radius 1 is 1.56 bits per heavy atom. The molecule has 1 N–H and O–H groups in total. The lowest BCUT2D eigenvalue weighted by molar-refractivity contribution is 0.0473. The van der Waals surface area contributed by atoms with E-state index in [1.165, 1.54) is 11.3 Å². The van der Waals surface area contributed by atoms with Gasteiger partial charge in [-0.2, -0.15) is 0 Å². The summed E-state index contributed by atoms with van der Waals surface area (Å²) in [6, 6.07) is 1.78. The van der Waals surface area contributed by atoms with E-state index in [0.29, 0.717) is 5.56 Å². The van der Waals surface area contributed by atoms with Crippen LogP contribution in [-0.2, 0) is 0 Å². The molecule has 0 bridgehead atoms. The quantitative estimate of drug-likeness (QED) is 0.887. The van der Waals surface area contributed by atoms with Gasteiger partial charge >= 0.3 is 0 Å². The van der Waals surface area contributed by atoms with Crippen molar-refractivity contribution >= 4 is 49.1 Å². The minimum Gasteiger partial charge on any atom is -0.394 e. The van der Waals surface area contributed by atoms with Gasteiger partial charge < -0.3 is 10.0 Å². The van der Waals surface area contributed by atoms with Gasteiger partial charge in [-0.25, -0.2) is 0 Å². The molecular formula is C10H13Br2NO2S. The summed E-state index contributed by atoms with van der Waals surface area (Å²) in [7, 11) is 1.69. The van der Waals surface area contributed by atoms with E-state index >= 15 is 0 Å². The van der Waals surface area contributed by atoms with Crippen molar-refractivity contribution < 1.29 is 9.90 Å².